The second-order valence-electron chi connectivity index (χ2n) is 4.65. The normalized spacial score (nSPS) is 17.3. The van der Waals surface area contributed by atoms with Gasteiger partial charge < -0.3 is 10.2 Å². The maximum atomic E-state index is 3.39. The Hall–Kier alpha value is -0.510. The van der Waals surface area contributed by atoms with Crippen molar-refractivity contribution in [3.05, 3.63) is 29.3 Å². The van der Waals surface area contributed by atoms with Crippen LogP contribution in [0.5, 0.6) is 0 Å². The largest absolute Gasteiger partial charge is 0.314 e. The van der Waals surface area contributed by atoms with Gasteiger partial charge in [-0.05, 0) is 36.8 Å². The van der Waals surface area contributed by atoms with E-state index in [-0.39, 0.29) is 0 Å². The van der Waals surface area contributed by atoms with Gasteiger partial charge in [0.25, 0.3) is 0 Å². The van der Waals surface area contributed by atoms with Crippen LogP contribution in [0.3, 0.4) is 0 Å². The lowest BCUT2D eigenvalue weighted by molar-refractivity contribution is 0.244. The van der Waals surface area contributed by atoms with E-state index in [0.29, 0.717) is 0 Å². The molecule has 0 atom stereocenters. The Kier molecular flexibility index (Phi) is 4.89. The van der Waals surface area contributed by atoms with Gasteiger partial charge in [-0.3, -0.25) is 0 Å². The van der Waals surface area contributed by atoms with E-state index in [1.165, 1.54) is 42.1 Å². The minimum Gasteiger partial charge on any atom is -0.314 e. The van der Waals surface area contributed by atoms with Crippen molar-refractivity contribution in [2.45, 2.75) is 18.2 Å². The highest BCUT2D eigenvalue weighted by Crippen LogP contribution is 2.21. The van der Waals surface area contributed by atoms with E-state index in [1.807, 2.05) is 11.8 Å². The van der Waals surface area contributed by atoms with Crippen LogP contribution in [-0.4, -0.2) is 43.9 Å². The van der Waals surface area contributed by atoms with Crippen LogP contribution in [-0.2, 0) is 6.42 Å². The molecular weight excluding hydrogens is 228 g/mol. The van der Waals surface area contributed by atoms with Crippen LogP contribution in [0.15, 0.2) is 23.1 Å². The predicted octanol–water partition coefficient (Wildman–Crippen LogP) is 2.16. The smallest absolute Gasteiger partial charge is 0.0108 e. The minimum absolute atomic E-state index is 1.14. The van der Waals surface area contributed by atoms with Gasteiger partial charge in [-0.25, -0.2) is 0 Å². The third-order valence-electron chi connectivity index (χ3n) is 3.40. The molecule has 0 spiro atoms. The van der Waals surface area contributed by atoms with Crippen LogP contribution in [0.4, 0.5) is 0 Å². The van der Waals surface area contributed by atoms with E-state index in [9.17, 15) is 0 Å². The van der Waals surface area contributed by atoms with E-state index in [1.54, 1.807) is 0 Å². The summed E-state index contributed by atoms with van der Waals surface area (Å²) in [5, 5.41) is 3.39. The van der Waals surface area contributed by atoms with Crippen LogP contribution < -0.4 is 5.32 Å². The summed E-state index contributed by atoms with van der Waals surface area (Å²) in [6.07, 6.45) is 3.33. The molecule has 1 heterocycles. The van der Waals surface area contributed by atoms with Crippen molar-refractivity contribution in [1.82, 2.24) is 10.2 Å². The second-order valence-corrected chi connectivity index (χ2v) is 5.49. The van der Waals surface area contributed by atoms with Gasteiger partial charge in [-0.1, -0.05) is 12.1 Å². The predicted molar refractivity (Wildman–Crippen MR) is 76.0 cm³/mol. The Morgan fingerprint density at radius 2 is 2.06 bits per heavy atom. The number of thioether (sulfide) groups is 1. The van der Waals surface area contributed by atoms with Crippen molar-refractivity contribution >= 4 is 11.8 Å². The summed E-state index contributed by atoms with van der Waals surface area (Å²) in [6, 6.07) is 6.87. The Morgan fingerprint density at radius 1 is 1.29 bits per heavy atom. The van der Waals surface area contributed by atoms with Gasteiger partial charge in [-0.2, -0.15) is 0 Å². The van der Waals surface area contributed by atoms with Crippen molar-refractivity contribution < 1.29 is 0 Å². The quantitative estimate of drug-likeness (QED) is 0.825. The fraction of sp³-hybridized carbons (Fsp3) is 0.571. The molecule has 2 rings (SSSR count). The lowest BCUT2D eigenvalue weighted by Crippen LogP contribution is -2.44. The minimum atomic E-state index is 1.14. The fourth-order valence-electron chi connectivity index (χ4n) is 2.24. The first-order valence-electron chi connectivity index (χ1n) is 6.36. The van der Waals surface area contributed by atoms with Gasteiger partial charge in [0.2, 0.25) is 0 Å². The maximum absolute atomic E-state index is 3.39. The molecule has 94 valence electrons. The molecule has 0 radical (unpaired) electrons. The average molecular weight is 250 g/mol. The van der Waals surface area contributed by atoms with Crippen LogP contribution in [0, 0.1) is 6.92 Å². The Balaban J connectivity index is 1.89. The summed E-state index contributed by atoms with van der Waals surface area (Å²) in [5.74, 6) is 0. The molecule has 1 aliphatic rings. The Bertz CT molecular complexity index is 359. The van der Waals surface area contributed by atoms with Gasteiger partial charge in [0.05, 0.1) is 0 Å². The number of aryl methyl sites for hydroxylation is 1. The number of piperazine rings is 1. The van der Waals surface area contributed by atoms with E-state index >= 15 is 0 Å². The standard InChI is InChI=1S/C14H22N2S/c1-12-3-4-13(11-14(12)17-2)5-8-16-9-6-15-7-10-16/h3-4,11,15H,5-10H2,1-2H3. The first-order valence-corrected chi connectivity index (χ1v) is 7.58. The zero-order valence-corrected chi connectivity index (χ0v) is 11.6. The van der Waals surface area contributed by atoms with Crippen LogP contribution in [0.1, 0.15) is 11.1 Å². The first kappa shape index (κ1) is 12.9. The summed E-state index contributed by atoms with van der Waals surface area (Å²) in [7, 11) is 0. The Morgan fingerprint density at radius 3 is 2.76 bits per heavy atom. The molecule has 1 N–H and O–H groups in total. The van der Waals surface area contributed by atoms with E-state index in [4.69, 9.17) is 0 Å². The summed E-state index contributed by atoms with van der Waals surface area (Å²) in [5.41, 5.74) is 2.86. The van der Waals surface area contributed by atoms with Gasteiger partial charge in [0.1, 0.15) is 0 Å². The molecule has 0 unspecified atom stereocenters. The molecule has 1 fully saturated rings. The number of benzene rings is 1. The molecule has 1 saturated heterocycles. The Labute approximate surface area is 109 Å². The molecule has 0 aliphatic carbocycles. The van der Waals surface area contributed by atoms with Crippen molar-refractivity contribution in [3.63, 3.8) is 0 Å². The highest BCUT2D eigenvalue weighted by Gasteiger charge is 2.09. The third-order valence-corrected chi connectivity index (χ3v) is 4.28. The van der Waals surface area contributed by atoms with Crippen molar-refractivity contribution in [3.8, 4) is 0 Å². The van der Waals surface area contributed by atoms with Gasteiger partial charge in [-0.15, -0.1) is 11.8 Å². The van der Waals surface area contributed by atoms with Gasteiger partial charge in [0, 0.05) is 37.6 Å². The van der Waals surface area contributed by atoms with Crippen LogP contribution in [0.25, 0.3) is 0 Å². The molecular formula is C14H22N2S. The van der Waals surface area contributed by atoms with E-state index in [2.05, 4.69) is 41.6 Å². The van der Waals surface area contributed by atoms with Gasteiger partial charge >= 0.3 is 0 Å². The molecule has 1 aromatic rings. The average Bonchev–Trinajstić information content (AvgIpc) is 2.39. The number of hydrogen-bond donors (Lipinski definition) is 1. The highest BCUT2D eigenvalue weighted by atomic mass is 32.2. The number of nitrogens with one attached hydrogen (secondary N) is 1. The van der Waals surface area contributed by atoms with E-state index < -0.39 is 0 Å². The summed E-state index contributed by atoms with van der Waals surface area (Å²) in [4.78, 5) is 3.97. The molecule has 1 aliphatic heterocycles. The number of rotatable bonds is 4. The zero-order valence-electron chi connectivity index (χ0n) is 10.8. The molecule has 17 heavy (non-hydrogen) atoms. The van der Waals surface area contributed by atoms with Crippen molar-refractivity contribution in [2.75, 3.05) is 39.0 Å². The molecule has 1 aromatic carbocycles. The zero-order chi connectivity index (χ0) is 12.1. The first-order chi connectivity index (χ1) is 8.29. The van der Waals surface area contributed by atoms with Crippen LogP contribution >= 0.6 is 11.8 Å². The monoisotopic (exact) mass is 250 g/mol. The topological polar surface area (TPSA) is 15.3 Å². The molecule has 0 saturated carbocycles. The van der Waals surface area contributed by atoms with Crippen molar-refractivity contribution in [1.29, 1.82) is 0 Å². The van der Waals surface area contributed by atoms with E-state index in [0.717, 1.165) is 13.1 Å². The summed E-state index contributed by atoms with van der Waals surface area (Å²) in [6.45, 7) is 8.06. The van der Waals surface area contributed by atoms with Crippen molar-refractivity contribution in [2.24, 2.45) is 0 Å². The lowest BCUT2D eigenvalue weighted by Gasteiger charge is -2.27. The molecule has 0 amide bonds. The summed E-state index contributed by atoms with van der Waals surface area (Å²) >= 11 is 1.85. The maximum Gasteiger partial charge on any atom is 0.0108 e. The number of hydrogen-bond acceptors (Lipinski definition) is 3. The molecule has 0 bridgehead atoms. The highest BCUT2D eigenvalue weighted by molar-refractivity contribution is 7.98. The molecule has 3 heteroatoms. The number of nitrogens with zero attached hydrogens (tertiary/aromatic N) is 1. The molecule has 2 nitrogen and oxygen atoms in total. The third kappa shape index (κ3) is 3.73. The SMILES string of the molecule is CSc1cc(CCN2CCNCC2)ccc1C. The van der Waals surface area contributed by atoms with Crippen LogP contribution in [0.2, 0.25) is 0 Å². The molecule has 0 aromatic heterocycles. The second kappa shape index (κ2) is 6.43. The fourth-order valence-corrected chi connectivity index (χ4v) is 2.90. The lowest BCUT2D eigenvalue weighted by atomic mass is 10.1. The summed E-state index contributed by atoms with van der Waals surface area (Å²) < 4.78 is 0. The van der Waals surface area contributed by atoms with Gasteiger partial charge in [0.15, 0.2) is 0 Å².